The molecule has 0 spiro atoms. The SMILES string of the molecule is CC1C2CC(c3cnc(-c4cccc(Cl)c4Cl)c(N)n3)CC12. The highest BCUT2D eigenvalue weighted by molar-refractivity contribution is 6.43. The van der Waals surface area contributed by atoms with Crippen LogP contribution in [-0.4, -0.2) is 9.97 Å². The molecule has 2 unspecified atom stereocenters. The van der Waals surface area contributed by atoms with E-state index in [1.54, 1.807) is 6.07 Å². The minimum absolute atomic E-state index is 0.426. The summed E-state index contributed by atoms with van der Waals surface area (Å²) in [5, 5.41) is 0.961. The van der Waals surface area contributed by atoms with Gasteiger partial charge in [0.05, 0.1) is 15.7 Å². The highest BCUT2D eigenvalue weighted by Crippen LogP contribution is 2.61. The largest absolute Gasteiger partial charge is 0.382 e. The summed E-state index contributed by atoms with van der Waals surface area (Å²) in [7, 11) is 0. The maximum absolute atomic E-state index is 6.25. The zero-order chi connectivity index (χ0) is 15.4. The zero-order valence-electron chi connectivity index (χ0n) is 12.3. The van der Waals surface area contributed by atoms with Crippen LogP contribution in [0.25, 0.3) is 11.3 Å². The number of aromatic nitrogens is 2. The fraction of sp³-hybridized carbons (Fsp3) is 0.412. The molecule has 0 aliphatic heterocycles. The first-order valence-corrected chi connectivity index (χ1v) is 8.38. The molecule has 0 saturated heterocycles. The third kappa shape index (κ3) is 2.19. The molecule has 2 N–H and O–H groups in total. The topological polar surface area (TPSA) is 51.8 Å². The summed E-state index contributed by atoms with van der Waals surface area (Å²) in [5.41, 5.74) is 8.49. The van der Waals surface area contributed by atoms with Crippen molar-refractivity contribution in [1.82, 2.24) is 9.97 Å². The van der Waals surface area contributed by atoms with E-state index in [0.717, 1.165) is 29.0 Å². The number of anilines is 1. The van der Waals surface area contributed by atoms with Crippen LogP contribution in [0.3, 0.4) is 0 Å². The van der Waals surface area contributed by atoms with Crippen molar-refractivity contribution in [2.24, 2.45) is 17.8 Å². The molecule has 2 saturated carbocycles. The van der Waals surface area contributed by atoms with Gasteiger partial charge in [-0.2, -0.15) is 0 Å². The molecule has 2 aliphatic carbocycles. The quantitative estimate of drug-likeness (QED) is 0.859. The van der Waals surface area contributed by atoms with Crippen LogP contribution in [0.15, 0.2) is 24.4 Å². The van der Waals surface area contributed by atoms with E-state index in [9.17, 15) is 0 Å². The molecule has 22 heavy (non-hydrogen) atoms. The van der Waals surface area contributed by atoms with Crippen molar-refractivity contribution in [3.05, 3.63) is 40.1 Å². The number of nitrogens with zero attached hydrogens (tertiary/aromatic N) is 2. The Bertz CT molecular complexity index is 735. The smallest absolute Gasteiger partial charge is 0.150 e. The molecule has 4 rings (SSSR count). The summed E-state index contributed by atoms with van der Waals surface area (Å²) in [6, 6.07) is 5.45. The first kappa shape index (κ1) is 14.3. The Balaban J connectivity index is 1.65. The second-order valence-corrected chi connectivity index (χ2v) is 7.27. The van der Waals surface area contributed by atoms with Gasteiger partial charge in [-0.3, -0.25) is 4.98 Å². The van der Waals surface area contributed by atoms with E-state index in [1.165, 1.54) is 12.8 Å². The summed E-state index contributed by atoms with van der Waals surface area (Å²) < 4.78 is 0. The van der Waals surface area contributed by atoms with Crippen molar-refractivity contribution >= 4 is 29.0 Å². The van der Waals surface area contributed by atoms with E-state index in [2.05, 4.69) is 16.9 Å². The van der Waals surface area contributed by atoms with E-state index >= 15 is 0 Å². The standard InChI is InChI=1S/C17H17Cl2N3/c1-8-11-5-9(6-12(8)11)14-7-21-16(17(20)22-14)10-3-2-4-13(18)15(10)19/h2-4,7-9,11-12H,5-6H2,1H3,(H2,20,22). The summed E-state index contributed by atoms with van der Waals surface area (Å²) in [6.07, 6.45) is 4.29. The number of hydrogen-bond acceptors (Lipinski definition) is 3. The maximum atomic E-state index is 6.25. The van der Waals surface area contributed by atoms with Gasteiger partial charge in [0, 0.05) is 17.7 Å². The van der Waals surface area contributed by atoms with Crippen LogP contribution in [0.1, 0.15) is 31.4 Å². The van der Waals surface area contributed by atoms with E-state index in [0.29, 0.717) is 27.5 Å². The fourth-order valence-electron chi connectivity index (χ4n) is 3.92. The molecule has 0 radical (unpaired) electrons. The second-order valence-electron chi connectivity index (χ2n) is 6.49. The average molecular weight is 334 g/mol. The van der Waals surface area contributed by atoms with Gasteiger partial charge < -0.3 is 5.73 Å². The third-order valence-corrected chi connectivity index (χ3v) is 6.14. The van der Waals surface area contributed by atoms with Crippen LogP contribution in [0.5, 0.6) is 0 Å². The summed E-state index contributed by atoms with van der Waals surface area (Å²) in [4.78, 5) is 9.12. The summed E-state index contributed by atoms with van der Waals surface area (Å²) in [6.45, 7) is 2.34. The van der Waals surface area contributed by atoms with Gasteiger partial charge in [0.15, 0.2) is 0 Å². The Morgan fingerprint density at radius 2 is 1.91 bits per heavy atom. The second kappa shape index (κ2) is 5.10. The van der Waals surface area contributed by atoms with Crippen LogP contribution in [-0.2, 0) is 0 Å². The number of nitrogens with two attached hydrogens (primary N) is 1. The van der Waals surface area contributed by atoms with Crippen LogP contribution < -0.4 is 5.73 Å². The molecule has 2 fully saturated rings. The molecule has 5 heteroatoms. The normalized spacial score (nSPS) is 29.4. The highest BCUT2D eigenvalue weighted by atomic mass is 35.5. The van der Waals surface area contributed by atoms with Crippen molar-refractivity contribution in [3.63, 3.8) is 0 Å². The van der Waals surface area contributed by atoms with Crippen molar-refractivity contribution in [1.29, 1.82) is 0 Å². The number of benzene rings is 1. The molecule has 1 heterocycles. The van der Waals surface area contributed by atoms with Crippen molar-refractivity contribution in [3.8, 4) is 11.3 Å². The van der Waals surface area contributed by atoms with Gasteiger partial charge in [0.25, 0.3) is 0 Å². The molecule has 114 valence electrons. The predicted molar refractivity (Wildman–Crippen MR) is 90.0 cm³/mol. The maximum Gasteiger partial charge on any atom is 0.150 e. The Kier molecular flexibility index (Phi) is 3.31. The van der Waals surface area contributed by atoms with Crippen LogP contribution in [0.2, 0.25) is 10.0 Å². The van der Waals surface area contributed by atoms with Gasteiger partial charge >= 0.3 is 0 Å². The first-order valence-electron chi connectivity index (χ1n) is 7.63. The molecule has 2 aromatic rings. The summed E-state index contributed by atoms with van der Waals surface area (Å²) in [5.74, 6) is 3.59. The van der Waals surface area contributed by atoms with E-state index in [-0.39, 0.29) is 0 Å². The van der Waals surface area contributed by atoms with Crippen LogP contribution in [0.4, 0.5) is 5.82 Å². The Labute approximate surface area is 139 Å². The lowest BCUT2D eigenvalue weighted by Gasteiger charge is -2.14. The molecule has 0 bridgehead atoms. The summed E-state index contributed by atoms with van der Waals surface area (Å²) >= 11 is 12.3. The van der Waals surface area contributed by atoms with Crippen molar-refractivity contribution in [2.45, 2.75) is 25.7 Å². The number of fused-ring (bicyclic) bond motifs is 1. The Morgan fingerprint density at radius 3 is 2.59 bits per heavy atom. The molecular formula is C17H17Cl2N3. The number of halogens is 2. The number of nitrogen functional groups attached to an aromatic ring is 1. The van der Waals surface area contributed by atoms with Gasteiger partial charge in [0.2, 0.25) is 0 Å². The Hall–Kier alpha value is -1.32. The van der Waals surface area contributed by atoms with Gasteiger partial charge in [-0.1, -0.05) is 42.3 Å². The molecule has 2 atom stereocenters. The monoisotopic (exact) mass is 333 g/mol. The minimum Gasteiger partial charge on any atom is -0.382 e. The zero-order valence-corrected chi connectivity index (χ0v) is 13.8. The lowest BCUT2D eigenvalue weighted by molar-refractivity contribution is 0.545. The average Bonchev–Trinajstić information content (AvgIpc) is 2.93. The number of rotatable bonds is 2. The lowest BCUT2D eigenvalue weighted by Crippen LogP contribution is -2.06. The van der Waals surface area contributed by atoms with Crippen molar-refractivity contribution < 1.29 is 0 Å². The number of hydrogen-bond donors (Lipinski definition) is 1. The highest BCUT2D eigenvalue weighted by Gasteiger charge is 2.53. The first-order chi connectivity index (χ1) is 10.6. The van der Waals surface area contributed by atoms with Gasteiger partial charge in [-0.05, 0) is 36.7 Å². The fourth-order valence-corrected chi connectivity index (χ4v) is 4.31. The van der Waals surface area contributed by atoms with Crippen LogP contribution in [0, 0.1) is 17.8 Å². The van der Waals surface area contributed by atoms with E-state index < -0.39 is 0 Å². The van der Waals surface area contributed by atoms with Crippen LogP contribution >= 0.6 is 23.2 Å². The molecule has 2 aliphatic rings. The predicted octanol–water partition coefficient (Wildman–Crippen LogP) is 4.79. The molecule has 3 nitrogen and oxygen atoms in total. The third-order valence-electron chi connectivity index (χ3n) is 5.32. The lowest BCUT2D eigenvalue weighted by atomic mass is 9.97. The molecule has 1 aromatic heterocycles. The minimum atomic E-state index is 0.426. The van der Waals surface area contributed by atoms with E-state index in [4.69, 9.17) is 28.9 Å². The van der Waals surface area contributed by atoms with Gasteiger partial charge in [-0.15, -0.1) is 0 Å². The van der Waals surface area contributed by atoms with Gasteiger partial charge in [-0.25, -0.2) is 4.98 Å². The molecule has 1 aromatic carbocycles. The Morgan fingerprint density at radius 1 is 1.18 bits per heavy atom. The van der Waals surface area contributed by atoms with E-state index in [1.807, 2.05) is 18.3 Å². The molecule has 0 amide bonds. The van der Waals surface area contributed by atoms with Gasteiger partial charge in [0.1, 0.15) is 11.5 Å². The molecular weight excluding hydrogens is 317 g/mol. The van der Waals surface area contributed by atoms with Crippen molar-refractivity contribution in [2.75, 3.05) is 5.73 Å².